The monoisotopic (exact) mass is 269 g/mol. The number of hydrogen-bond acceptors (Lipinski definition) is 2. The molecule has 2 aromatic carbocycles. The molecule has 0 aliphatic carbocycles. The van der Waals surface area contributed by atoms with Crippen molar-refractivity contribution in [1.82, 2.24) is 0 Å². The Balaban J connectivity index is 2.06. The molecular weight excluding hydrogens is 246 g/mol. The molecular formula is C18H23NO. The summed E-state index contributed by atoms with van der Waals surface area (Å²) in [6.07, 6.45) is 1.16. The van der Waals surface area contributed by atoms with Crippen LogP contribution in [0.4, 0.5) is 5.69 Å². The zero-order chi connectivity index (χ0) is 14.5. The molecule has 2 heteroatoms. The largest absolute Gasteiger partial charge is 0.508 e. The number of phenolic OH excluding ortho intramolecular Hbond substituents is 1. The Bertz CT molecular complexity index is 548. The molecule has 20 heavy (non-hydrogen) atoms. The molecule has 0 aliphatic rings. The van der Waals surface area contributed by atoms with Crippen molar-refractivity contribution in [3.05, 3.63) is 59.7 Å². The number of phenols is 1. The molecule has 0 aliphatic heterocycles. The number of hydrogen-bond donors (Lipinski definition) is 2. The summed E-state index contributed by atoms with van der Waals surface area (Å²) in [6, 6.07) is 16.2. The van der Waals surface area contributed by atoms with Crippen LogP contribution in [-0.4, -0.2) is 5.11 Å². The minimum Gasteiger partial charge on any atom is -0.508 e. The van der Waals surface area contributed by atoms with Gasteiger partial charge in [-0.3, -0.25) is 0 Å². The lowest BCUT2D eigenvalue weighted by Gasteiger charge is -2.17. The minimum atomic E-state index is 0.163. The number of anilines is 1. The third-order valence-corrected chi connectivity index (χ3v) is 3.85. The first-order valence-corrected chi connectivity index (χ1v) is 7.25. The maximum Gasteiger partial charge on any atom is 0.115 e. The quantitative estimate of drug-likeness (QED) is 0.793. The van der Waals surface area contributed by atoms with Gasteiger partial charge in [-0.05, 0) is 54.7 Å². The van der Waals surface area contributed by atoms with E-state index in [9.17, 15) is 5.11 Å². The lowest BCUT2D eigenvalue weighted by atomic mass is 9.98. The van der Waals surface area contributed by atoms with Gasteiger partial charge in [0.2, 0.25) is 0 Å². The fraction of sp³-hybridized carbons (Fsp3) is 0.333. The molecule has 0 radical (unpaired) electrons. The van der Waals surface area contributed by atoms with Gasteiger partial charge in [0.25, 0.3) is 0 Å². The van der Waals surface area contributed by atoms with E-state index in [-0.39, 0.29) is 6.04 Å². The van der Waals surface area contributed by atoms with Crippen LogP contribution in [0.5, 0.6) is 5.75 Å². The molecule has 0 heterocycles. The second kappa shape index (κ2) is 6.47. The molecule has 2 atom stereocenters. The molecule has 106 valence electrons. The van der Waals surface area contributed by atoms with E-state index in [1.165, 1.54) is 5.56 Å². The van der Waals surface area contributed by atoms with Gasteiger partial charge >= 0.3 is 0 Å². The molecule has 2 rings (SSSR count). The first kappa shape index (κ1) is 14.4. The van der Waals surface area contributed by atoms with Crippen molar-refractivity contribution in [2.45, 2.75) is 39.2 Å². The summed E-state index contributed by atoms with van der Waals surface area (Å²) < 4.78 is 0. The molecule has 0 amide bonds. The smallest absolute Gasteiger partial charge is 0.115 e. The first-order chi connectivity index (χ1) is 9.60. The van der Waals surface area contributed by atoms with E-state index in [1.807, 2.05) is 12.1 Å². The molecule has 2 unspecified atom stereocenters. The van der Waals surface area contributed by atoms with Crippen LogP contribution in [0.1, 0.15) is 50.3 Å². The summed E-state index contributed by atoms with van der Waals surface area (Å²) in [7, 11) is 0. The number of nitrogens with one attached hydrogen (secondary N) is 1. The highest BCUT2D eigenvalue weighted by molar-refractivity contribution is 5.47. The van der Waals surface area contributed by atoms with Gasteiger partial charge in [-0.25, -0.2) is 0 Å². The maximum absolute atomic E-state index is 9.52. The number of rotatable bonds is 5. The Labute approximate surface area is 121 Å². The molecule has 0 bridgehead atoms. The van der Waals surface area contributed by atoms with Crippen molar-refractivity contribution in [3.8, 4) is 5.75 Å². The van der Waals surface area contributed by atoms with Crippen molar-refractivity contribution in [3.63, 3.8) is 0 Å². The summed E-state index contributed by atoms with van der Waals surface area (Å²) in [5.41, 5.74) is 3.56. The van der Waals surface area contributed by atoms with Gasteiger partial charge in [-0.1, -0.05) is 38.1 Å². The van der Waals surface area contributed by atoms with Crippen molar-refractivity contribution >= 4 is 5.69 Å². The van der Waals surface area contributed by atoms with E-state index >= 15 is 0 Å². The predicted octanol–water partition coefficient (Wildman–Crippen LogP) is 5.08. The van der Waals surface area contributed by atoms with Gasteiger partial charge in [0, 0.05) is 11.7 Å². The normalized spacial score (nSPS) is 13.8. The fourth-order valence-corrected chi connectivity index (χ4v) is 2.27. The second-order valence-corrected chi connectivity index (χ2v) is 5.39. The van der Waals surface area contributed by atoms with E-state index in [0.717, 1.165) is 17.7 Å². The minimum absolute atomic E-state index is 0.163. The predicted molar refractivity (Wildman–Crippen MR) is 85.3 cm³/mol. The standard InChI is InChI=1S/C18H23NO/c1-4-13(2)15-8-10-17(11-9-15)19-14(3)16-6-5-7-18(20)12-16/h5-14,19-20H,4H2,1-3H3. The molecule has 2 aromatic rings. The third-order valence-electron chi connectivity index (χ3n) is 3.85. The van der Waals surface area contributed by atoms with E-state index in [0.29, 0.717) is 11.7 Å². The summed E-state index contributed by atoms with van der Waals surface area (Å²) in [6.45, 7) is 6.55. The molecule has 2 nitrogen and oxygen atoms in total. The van der Waals surface area contributed by atoms with Crippen molar-refractivity contribution < 1.29 is 5.11 Å². The summed E-state index contributed by atoms with van der Waals surface area (Å²) >= 11 is 0. The lowest BCUT2D eigenvalue weighted by Crippen LogP contribution is -2.06. The second-order valence-electron chi connectivity index (χ2n) is 5.39. The highest BCUT2D eigenvalue weighted by Gasteiger charge is 2.07. The average Bonchev–Trinajstić information content (AvgIpc) is 2.47. The number of benzene rings is 2. The van der Waals surface area contributed by atoms with Gasteiger partial charge in [0.15, 0.2) is 0 Å². The van der Waals surface area contributed by atoms with Crippen molar-refractivity contribution in [2.75, 3.05) is 5.32 Å². The third kappa shape index (κ3) is 3.53. The van der Waals surface area contributed by atoms with Crippen LogP contribution in [0, 0.1) is 0 Å². The highest BCUT2D eigenvalue weighted by Crippen LogP contribution is 2.24. The fourth-order valence-electron chi connectivity index (χ4n) is 2.27. The van der Waals surface area contributed by atoms with Crippen LogP contribution in [0.3, 0.4) is 0 Å². The Kier molecular flexibility index (Phi) is 4.67. The Hall–Kier alpha value is -1.96. The van der Waals surface area contributed by atoms with E-state index < -0.39 is 0 Å². The van der Waals surface area contributed by atoms with Crippen LogP contribution < -0.4 is 5.32 Å². The first-order valence-electron chi connectivity index (χ1n) is 7.25. The molecule has 0 aromatic heterocycles. The van der Waals surface area contributed by atoms with Gasteiger partial charge < -0.3 is 10.4 Å². The summed E-state index contributed by atoms with van der Waals surface area (Å²) in [4.78, 5) is 0. The Morgan fingerprint density at radius 2 is 1.70 bits per heavy atom. The average molecular weight is 269 g/mol. The van der Waals surface area contributed by atoms with E-state index in [2.05, 4.69) is 50.4 Å². The highest BCUT2D eigenvalue weighted by atomic mass is 16.3. The van der Waals surface area contributed by atoms with Crippen LogP contribution in [0.2, 0.25) is 0 Å². The molecule has 0 saturated heterocycles. The maximum atomic E-state index is 9.52. The van der Waals surface area contributed by atoms with Crippen LogP contribution >= 0.6 is 0 Å². The molecule has 2 N–H and O–H groups in total. The molecule has 0 fully saturated rings. The van der Waals surface area contributed by atoms with Crippen LogP contribution in [-0.2, 0) is 0 Å². The molecule has 0 spiro atoms. The summed E-state index contributed by atoms with van der Waals surface area (Å²) in [5, 5.41) is 13.0. The van der Waals surface area contributed by atoms with E-state index in [1.54, 1.807) is 12.1 Å². The van der Waals surface area contributed by atoms with Gasteiger partial charge in [0.05, 0.1) is 0 Å². The zero-order valence-corrected chi connectivity index (χ0v) is 12.4. The summed E-state index contributed by atoms with van der Waals surface area (Å²) in [5.74, 6) is 0.913. The topological polar surface area (TPSA) is 32.3 Å². The van der Waals surface area contributed by atoms with Crippen molar-refractivity contribution in [1.29, 1.82) is 0 Å². The van der Waals surface area contributed by atoms with E-state index in [4.69, 9.17) is 0 Å². The SMILES string of the molecule is CCC(C)c1ccc(NC(C)c2cccc(O)c2)cc1. The number of aromatic hydroxyl groups is 1. The Morgan fingerprint density at radius 3 is 2.30 bits per heavy atom. The van der Waals surface area contributed by atoms with Gasteiger partial charge in [-0.2, -0.15) is 0 Å². The van der Waals surface area contributed by atoms with Gasteiger partial charge in [-0.15, -0.1) is 0 Å². The van der Waals surface area contributed by atoms with Crippen LogP contribution in [0.15, 0.2) is 48.5 Å². The lowest BCUT2D eigenvalue weighted by molar-refractivity contribution is 0.474. The Morgan fingerprint density at radius 1 is 1.00 bits per heavy atom. The van der Waals surface area contributed by atoms with Crippen molar-refractivity contribution in [2.24, 2.45) is 0 Å². The van der Waals surface area contributed by atoms with Crippen LogP contribution in [0.25, 0.3) is 0 Å². The molecule has 0 saturated carbocycles. The van der Waals surface area contributed by atoms with Gasteiger partial charge in [0.1, 0.15) is 5.75 Å². The zero-order valence-electron chi connectivity index (χ0n) is 12.4.